The van der Waals surface area contributed by atoms with Crippen molar-refractivity contribution >= 4 is 23.2 Å². The normalized spacial score (nSPS) is 10.8. The Hall–Kier alpha value is -0.410. The molecule has 0 bridgehead atoms. The van der Waals surface area contributed by atoms with Gasteiger partial charge in [-0.3, -0.25) is 0 Å². The largest absolute Gasteiger partial charge is 0.226 e. The molecular weight excluding hydrogens is 269 g/mol. The molecule has 0 radical (unpaired) electrons. The van der Waals surface area contributed by atoms with Crippen molar-refractivity contribution in [3.63, 3.8) is 0 Å². The minimum absolute atomic E-state index is 0.185. The second-order valence-corrected chi connectivity index (χ2v) is 5.19. The van der Waals surface area contributed by atoms with E-state index in [0.29, 0.717) is 5.82 Å². The molecule has 0 atom stereocenters. The average molecular weight is 290 g/mol. The lowest BCUT2D eigenvalue weighted by Gasteiger charge is -2.02. The van der Waals surface area contributed by atoms with Crippen molar-refractivity contribution in [3.8, 4) is 0 Å². The number of aryl methyl sites for hydroxylation is 1. The summed E-state index contributed by atoms with van der Waals surface area (Å²) in [5, 5.41) is 0.370. The van der Waals surface area contributed by atoms with Gasteiger partial charge in [-0.25, -0.2) is 9.97 Å². The highest BCUT2D eigenvalue weighted by molar-refractivity contribution is 6.30. The van der Waals surface area contributed by atoms with Crippen LogP contribution in [0.15, 0.2) is 0 Å². The van der Waals surface area contributed by atoms with Crippen molar-refractivity contribution in [1.82, 2.24) is 15.0 Å². The summed E-state index contributed by atoms with van der Waals surface area (Å²) < 4.78 is 0. The van der Waals surface area contributed by atoms with E-state index in [4.69, 9.17) is 23.2 Å². The fraction of sp³-hybridized carbons (Fsp3) is 0.769. The van der Waals surface area contributed by atoms with Crippen molar-refractivity contribution < 1.29 is 0 Å². The zero-order valence-electron chi connectivity index (χ0n) is 11.0. The van der Waals surface area contributed by atoms with Gasteiger partial charge in [-0.2, -0.15) is 4.98 Å². The fourth-order valence-corrected chi connectivity index (χ4v) is 2.29. The molecule has 0 saturated heterocycles. The van der Waals surface area contributed by atoms with Gasteiger partial charge in [-0.05, 0) is 29.6 Å². The summed E-state index contributed by atoms with van der Waals surface area (Å²) in [7, 11) is 0. The van der Waals surface area contributed by atoms with Gasteiger partial charge in [0.1, 0.15) is 5.82 Å². The summed E-state index contributed by atoms with van der Waals surface area (Å²) in [5.41, 5.74) is 0. The first-order chi connectivity index (χ1) is 8.72. The topological polar surface area (TPSA) is 38.7 Å². The molecule has 0 unspecified atom stereocenters. The summed E-state index contributed by atoms with van der Waals surface area (Å²) >= 11 is 11.4. The van der Waals surface area contributed by atoms with Gasteiger partial charge in [0.15, 0.2) is 0 Å². The molecule has 0 aliphatic heterocycles. The molecule has 1 aromatic rings. The molecular formula is C13H21Cl2N3. The van der Waals surface area contributed by atoms with Gasteiger partial charge in [0.25, 0.3) is 0 Å². The molecule has 5 heteroatoms. The van der Waals surface area contributed by atoms with E-state index < -0.39 is 0 Å². The Kier molecular flexibility index (Phi) is 8.27. The standard InChI is InChI=1S/C13H21Cl2N3/c1-2-3-4-5-6-7-8-9-10-11-16-12(14)18-13(15)17-11/h2-10H2,1H3. The molecule has 0 aliphatic rings. The molecule has 0 aliphatic carbocycles. The van der Waals surface area contributed by atoms with Gasteiger partial charge in [-0.1, -0.05) is 51.9 Å². The molecule has 0 amide bonds. The van der Waals surface area contributed by atoms with Crippen LogP contribution < -0.4 is 0 Å². The summed E-state index contributed by atoms with van der Waals surface area (Å²) in [6.07, 6.45) is 11.2. The maximum absolute atomic E-state index is 5.71. The second kappa shape index (κ2) is 9.51. The molecule has 0 fully saturated rings. The minimum atomic E-state index is 0.185. The molecule has 102 valence electrons. The summed E-state index contributed by atoms with van der Waals surface area (Å²) in [4.78, 5) is 11.8. The predicted molar refractivity (Wildman–Crippen MR) is 76.2 cm³/mol. The molecule has 0 N–H and O–H groups in total. The quantitative estimate of drug-likeness (QED) is 0.609. The molecule has 0 saturated carbocycles. The van der Waals surface area contributed by atoms with Gasteiger partial charge < -0.3 is 0 Å². The number of unbranched alkanes of at least 4 members (excludes halogenated alkanes) is 7. The Morgan fingerprint density at radius 2 is 1.22 bits per heavy atom. The van der Waals surface area contributed by atoms with Crippen LogP contribution in [0.2, 0.25) is 10.6 Å². The van der Waals surface area contributed by atoms with Gasteiger partial charge in [0, 0.05) is 6.42 Å². The Bertz CT molecular complexity index is 325. The number of rotatable bonds is 9. The predicted octanol–water partition coefficient (Wildman–Crippen LogP) is 4.86. The van der Waals surface area contributed by atoms with Gasteiger partial charge in [0.2, 0.25) is 10.6 Å². The third kappa shape index (κ3) is 7.12. The van der Waals surface area contributed by atoms with Crippen LogP contribution in [-0.2, 0) is 6.42 Å². The van der Waals surface area contributed by atoms with Crippen LogP contribution >= 0.6 is 23.2 Å². The second-order valence-electron chi connectivity index (χ2n) is 4.51. The summed E-state index contributed by atoms with van der Waals surface area (Å²) in [6.45, 7) is 2.24. The molecule has 1 heterocycles. The molecule has 3 nitrogen and oxygen atoms in total. The van der Waals surface area contributed by atoms with Crippen molar-refractivity contribution in [3.05, 3.63) is 16.4 Å². The van der Waals surface area contributed by atoms with Crippen molar-refractivity contribution in [2.24, 2.45) is 0 Å². The van der Waals surface area contributed by atoms with Crippen LogP contribution in [0.3, 0.4) is 0 Å². The summed E-state index contributed by atoms with van der Waals surface area (Å²) in [6, 6.07) is 0. The first kappa shape index (κ1) is 15.6. The third-order valence-corrected chi connectivity index (χ3v) is 3.22. The van der Waals surface area contributed by atoms with Gasteiger partial charge in [-0.15, -0.1) is 0 Å². The van der Waals surface area contributed by atoms with Crippen LogP contribution in [0.5, 0.6) is 0 Å². The van der Waals surface area contributed by atoms with Crippen LogP contribution in [0, 0.1) is 0 Å². The highest BCUT2D eigenvalue weighted by Crippen LogP contribution is 2.11. The van der Waals surface area contributed by atoms with Gasteiger partial charge >= 0.3 is 0 Å². The van der Waals surface area contributed by atoms with Crippen LogP contribution in [0.1, 0.15) is 64.1 Å². The van der Waals surface area contributed by atoms with E-state index in [1.54, 1.807) is 0 Å². The van der Waals surface area contributed by atoms with E-state index in [1.807, 2.05) is 0 Å². The Morgan fingerprint density at radius 3 is 1.78 bits per heavy atom. The average Bonchev–Trinajstić information content (AvgIpc) is 2.31. The van der Waals surface area contributed by atoms with Crippen molar-refractivity contribution in [1.29, 1.82) is 0 Å². The van der Waals surface area contributed by atoms with E-state index in [-0.39, 0.29) is 10.6 Å². The van der Waals surface area contributed by atoms with Crippen LogP contribution in [0.4, 0.5) is 0 Å². The van der Waals surface area contributed by atoms with E-state index in [2.05, 4.69) is 21.9 Å². The minimum Gasteiger partial charge on any atom is -0.203 e. The van der Waals surface area contributed by atoms with E-state index in [9.17, 15) is 0 Å². The highest BCUT2D eigenvalue weighted by Gasteiger charge is 2.02. The fourth-order valence-electron chi connectivity index (χ4n) is 1.89. The Morgan fingerprint density at radius 1 is 0.722 bits per heavy atom. The zero-order chi connectivity index (χ0) is 13.2. The maximum Gasteiger partial charge on any atom is 0.226 e. The lowest BCUT2D eigenvalue weighted by molar-refractivity contribution is 0.571. The van der Waals surface area contributed by atoms with Crippen molar-refractivity contribution in [2.45, 2.75) is 64.7 Å². The van der Waals surface area contributed by atoms with E-state index >= 15 is 0 Å². The third-order valence-electron chi connectivity index (χ3n) is 2.88. The van der Waals surface area contributed by atoms with E-state index in [0.717, 1.165) is 12.8 Å². The number of hydrogen-bond donors (Lipinski definition) is 0. The molecule has 1 rings (SSSR count). The smallest absolute Gasteiger partial charge is 0.203 e. The van der Waals surface area contributed by atoms with E-state index in [1.165, 1.54) is 44.9 Å². The monoisotopic (exact) mass is 289 g/mol. The maximum atomic E-state index is 5.71. The molecule has 1 aromatic heterocycles. The molecule has 0 aromatic carbocycles. The lowest BCUT2D eigenvalue weighted by atomic mass is 10.1. The number of aromatic nitrogens is 3. The molecule has 0 spiro atoms. The molecule has 18 heavy (non-hydrogen) atoms. The van der Waals surface area contributed by atoms with Crippen LogP contribution in [-0.4, -0.2) is 15.0 Å². The van der Waals surface area contributed by atoms with Crippen LogP contribution in [0.25, 0.3) is 0 Å². The Labute approximate surface area is 119 Å². The highest BCUT2D eigenvalue weighted by atomic mass is 35.5. The van der Waals surface area contributed by atoms with Gasteiger partial charge in [0.05, 0.1) is 0 Å². The van der Waals surface area contributed by atoms with Crippen molar-refractivity contribution in [2.75, 3.05) is 0 Å². The Balaban J connectivity index is 2.07. The SMILES string of the molecule is CCCCCCCCCCc1nc(Cl)nc(Cl)n1. The number of nitrogens with zero attached hydrogens (tertiary/aromatic N) is 3. The number of hydrogen-bond acceptors (Lipinski definition) is 3. The number of halogens is 2. The zero-order valence-corrected chi connectivity index (χ0v) is 12.5. The first-order valence-corrected chi connectivity index (χ1v) is 7.54. The first-order valence-electron chi connectivity index (χ1n) is 6.78. The lowest BCUT2D eigenvalue weighted by Crippen LogP contribution is -1.98. The summed E-state index contributed by atoms with van der Waals surface area (Å²) in [5.74, 6) is 0.700.